The third kappa shape index (κ3) is 2.99. The van der Waals surface area contributed by atoms with E-state index >= 15 is 0 Å². The monoisotopic (exact) mass is 207 g/mol. The van der Waals surface area contributed by atoms with Gasteiger partial charge in [-0.25, -0.2) is 0 Å². The molecule has 0 spiro atoms. The first-order chi connectivity index (χ1) is 6.54. The summed E-state index contributed by atoms with van der Waals surface area (Å²) in [5, 5.41) is 0. The van der Waals surface area contributed by atoms with E-state index in [2.05, 4.69) is 0 Å². The fourth-order valence-corrected chi connectivity index (χ4v) is 1.09. The molecule has 1 aromatic carbocycles. The zero-order valence-electron chi connectivity index (χ0n) is 7.24. The van der Waals surface area contributed by atoms with E-state index in [1.807, 2.05) is 0 Å². The van der Waals surface area contributed by atoms with Crippen molar-refractivity contribution in [2.75, 3.05) is 6.54 Å². The molecule has 0 atom stereocenters. The van der Waals surface area contributed by atoms with Crippen molar-refractivity contribution in [2.24, 2.45) is 0 Å². The number of rotatable bonds is 3. The molecule has 0 radical (unpaired) electrons. The SMILES string of the molecule is FNCCc1cccc(C(F)(F)F)c1. The Balaban J connectivity index is 2.79. The lowest BCUT2D eigenvalue weighted by Crippen LogP contribution is -2.08. The number of halogens is 4. The summed E-state index contributed by atoms with van der Waals surface area (Å²) in [5.41, 5.74) is 1.16. The van der Waals surface area contributed by atoms with Crippen molar-refractivity contribution >= 4 is 0 Å². The summed E-state index contributed by atoms with van der Waals surface area (Å²) in [7, 11) is 0. The van der Waals surface area contributed by atoms with Crippen molar-refractivity contribution in [1.29, 1.82) is 0 Å². The number of nitrogens with one attached hydrogen (secondary N) is 1. The lowest BCUT2D eigenvalue weighted by atomic mass is 10.1. The third-order valence-corrected chi connectivity index (χ3v) is 1.76. The Hall–Kier alpha value is -1.10. The van der Waals surface area contributed by atoms with Crippen LogP contribution in [0.4, 0.5) is 17.7 Å². The van der Waals surface area contributed by atoms with E-state index < -0.39 is 11.7 Å². The van der Waals surface area contributed by atoms with E-state index in [9.17, 15) is 17.7 Å². The van der Waals surface area contributed by atoms with Gasteiger partial charge in [0.05, 0.1) is 5.56 Å². The minimum absolute atomic E-state index is 0.0152. The Morgan fingerprint density at radius 3 is 2.50 bits per heavy atom. The van der Waals surface area contributed by atoms with Gasteiger partial charge in [0.15, 0.2) is 0 Å². The second kappa shape index (κ2) is 4.41. The van der Waals surface area contributed by atoms with Crippen LogP contribution in [0.3, 0.4) is 0 Å². The van der Waals surface area contributed by atoms with E-state index in [0.717, 1.165) is 12.1 Å². The van der Waals surface area contributed by atoms with E-state index in [1.54, 1.807) is 0 Å². The molecule has 78 valence electrons. The number of hydrogen-bond acceptors (Lipinski definition) is 1. The van der Waals surface area contributed by atoms with Gasteiger partial charge in [-0.05, 0) is 18.1 Å². The van der Waals surface area contributed by atoms with Crippen LogP contribution in [0.2, 0.25) is 0 Å². The van der Waals surface area contributed by atoms with Gasteiger partial charge in [0.1, 0.15) is 0 Å². The number of hydrogen-bond donors (Lipinski definition) is 1. The lowest BCUT2D eigenvalue weighted by Gasteiger charge is -2.07. The van der Waals surface area contributed by atoms with Gasteiger partial charge in [-0.15, -0.1) is 4.48 Å². The van der Waals surface area contributed by atoms with Crippen LogP contribution < -0.4 is 5.54 Å². The quantitative estimate of drug-likeness (QED) is 0.593. The fraction of sp³-hybridized carbons (Fsp3) is 0.333. The van der Waals surface area contributed by atoms with Crippen molar-refractivity contribution in [2.45, 2.75) is 12.6 Å². The molecule has 0 aliphatic heterocycles. The zero-order chi connectivity index (χ0) is 10.6. The van der Waals surface area contributed by atoms with Gasteiger partial charge < -0.3 is 0 Å². The minimum Gasteiger partial charge on any atom is -0.166 e. The van der Waals surface area contributed by atoms with E-state index in [-0.39, 0.29) is 13.0 Å². The van der Waals surface area contributed by atoms with Gasteiger partial charge in [0.2, 0.25) is 0 Å². The molecular formula is C9H9F4N. The molecule has 0 heterocycles. The fourth-order valence-electron chi connectivity index (χ4n) is 1.09. The van der Waals surface area contributed by atoms with E-state index in [1.165, 1.54) is 17.7 Å². The van der Waals surface area contributed by atoms with Crippen LogP contribution in [-0.2, 0) is 12.6 Å². The molecule has 1 nitrogen and oxygen atoms in total. The lowest BCUT2D eigenvalue weighted by molar-refractivity contribution is -0.137. The molecule has 1 N–H and O–H groups in total. The van der Waals surface area contributed by atoms with Gasteiger partial charge in [-0.2, -0.15) is 18.7 Å². The summed E-state index contributed by atoms with van der Waals surface area (Å²) in [4.78, 5) is 0. The van der Waals surface area contributed by atoms with Gasteiger partial charge in [0, 0.05) is 6.54 Å². The molecule has 1 aromatic rings. The highest BCUT2D eigenvalue weighted by Crippen LogP contribution is 2.29. The number of benzene rings is 1. The van der Waals surface area contributed by atoms with Crippen LogP contribution in [0, 0.1) is 0 Å². The van der Waals surface area contributed by atoms with Crippen molar-refractivity contribution in [1.82, 2.24) is 5.54 Å². The molecule has 0 bridgehead atoms. The predicted octanol–water partition coefficient (Wildman–Crippen LogP) is 2.72. The smallest absolute Gasteiger partial charge is 0.166 e. The van der Waals surface area contributed by atoms with Crippen molar-refractivity contribution < 1.29 is 17.7 Å². The Labute approximate surface area is 78.7 Å². The predicted molar refractivity (Wildman–Crippen MR) is 44.3 cm³/mol. The van der Waals surface area contributed by atoms with Crippen LogP contribution in [0.25, 0.3) is 0 Å². The van der Waals surface area contributed by atoms with E-state index in [4.69, 9.17) is 0 Å². The van der Waals surface area contributed by atoms with Crippen LogP contribution >= 0.6 is 0 Å². The molecule has 0 unspecified atom stereocenters. The average Bonchev–Trinajstić information content (AvgIpc) is 2.14. The summed E-state index contributed by atoms with van der Waals surface area (Å²) in [6.45, 7) is 0.0152. The van der Waals surface area contributed by atoms with Gasteiger partial charge >= 0.3 is 6.18 Å². The van der Waals surface area contributed by atoms with E-state index in [0.29, 0.717) is 5.56 Å². The highest BCUT2D eigenvalue weighted by Gasteiger charge is 2.30. The summed E-state index contributed by atoms with van der Waals surface area (Å²) < 4.78 is 48.1. The summed E-state index contributed by atoms with van der Waals surface area (Å²) in [6.07, 6.45) is -4.10. The first kappa shape index (κ1) is 11.0. The average molecular weight is 207 g/mol. The molecule has 14 heavy (non-hydrogen) atoms. The minimum atomic E-state index is -4.33. The molecule has 0 saturated carbocycles. The molecule has 0 saturated heterocycles. The van der Waals surface area contributed by atoms with Crippen LogP contribution in [0.5, 0.6) is 0 Å². The molecule has 1 rings (SSSR count). The summed E-state index contributed by atoms with van der Waals surface area (Å²) in [5.74, 6) is 0. The Morgan fingerprint density at radius 2 is 1.93 bits per heavy atom. The van der Waals surface area contributed by atoms with Crippen LogP contribution in [0.15, 0.2) is 24.3 Å². The van der Waals surface area contributed by atoms with Crippen LogP contribution in [-0.4, -0.2) is 6.54 Å². The maximum absolute atomic E-state index is 12.2. The molecule has 0 aromatic heterocycles. The first-order valence-corrected chi connectivity index (χ1v) is 4.03. The summed E-state index contributed by atoms with van der Waals surface area (Å²) in [6, 6.07) is 4.87. The maximum Gasteiger partial charge on any atom is 0.416 e. The highest BCUT2D eigenvalue weighted by atomic mass is 19.4. The van der Waals surface area contributed by atoms with Crippen molar-refractivity contribution in [3.05, 3.63) is 35.4 Å². The third-order valence-electron chi connectivity index (χ3n) is 1.76. The number of alkyl halides is 3. The second-order valence-electron chi connectivity index (χ2n) is 2.83. The largest absolute Gasteiger partial charge is 0.416 e. The normalized spacial score (nSPS) is 11.7. The molecule has 0 aliphatic carbocycles. The maximum atomic E-state index is 12.2. The zero-order valence-corrected chi connectivity index (χ0v) is 7.24. The van der Waals surface area contributed by atoms with Gasteiger partial charge in [-0.1, -0.05) is 18.2 Å². The van der Waals surface area contributed by atoms with Gasteiger partial charge in [0.25, 0.3) is 0 Å². The Morgan fingerprint density at radius 1 is 1.21 bits per heavy atom. The topological polar surface area (TPSA) is 12.0 Å². The molecule has 0 aliphatic rings. The molecule has 5 heteroatoms. The molecule has 0 amide bonds. The standard InChI is InChI=1S/C9H9F4N/c10-9(11,12)8-3-1-2-7(6-8)4-5-14-13/h1-3,6,14H,4-5H2. The van der Waals surface area contributed by atoms with Crippen LogP contribution in [0.1, 0.15) is 11.1 Å². The molecular weight excluding hydrogens is 198 g/mol. The highest BCUT2D eigenvalue weighted by molar-refractivity contribution is 5.25. The Kier molecular flexibility index (Phi) is 3.46. The summed E-state index contributed by atoms with van der Waals surface area (Å²) >= 11 is 0. The first-order valence-electron chi connectivity index (χ1n) is 4.03. The molecule has 0 fully saturated rings. The van der Waals surface area contributed by atoms with Crippen molar-refractivity contribution in [3.8, 4) is 0 Å². The Bertz CT molecular complexity index is 295. The second-order valence-corrected chi connectivity index (χ2v) is 2.83. The van der Waals surface area contributed by atoms with Gasteiger partial charge in [-0.3, -0.25) is 0 Å². The van der Waals surface area contributed by atoms with Crippen molar-refractivity contribution in [3.63, 3.8) is 0 Å².